The number of halogens is 1. The fraction of sp³-hybridized carbons (Fsp3) is 0.360. The zero-order valence-electron chi connectivity index (χ0n) is 18.7. The van der Waals surface area contributed by atoms with Crippen LogP contribution in [0, 0.1) is 5.82 Å². The number of rotatable bonds is 9. The molecule has 2 aromatic carbocycles. The van der Waals surface area contributed by atoms with Gasteiger partial charge in [0.15, 0.2) is 0 Å². The molecule has 2 aromatic rings. The summed E-state index contributed by atoms with van der Waals surface area (Å²) >= 11 is 0. The predicted octanol–water partition coefficient (Wildman–Crippen LogP) is 3.99. The number of likely N-dealkylation sites (tertiary alicyclic amines) is 1. The Labute approximate surface area is 187 Å². The summed E-state index contributed by atoms with van der Waals surface area (Å²) in [4.78, 5) is 29.7. The van der Waals surface area contributed by atoms with Gasteiger partial charge in [-0.1, -0.05) is 26.0 Å². The molecule has 0 saturated carbocycles. The highest BCUT2D eigenvalue weighted by atomic mass is 19.1. The molecular weight excluding hydrogens is 411 g/mol. The van der Waals surface area contributed by atoms with E-state index in [2.05, 4.69) is 4.90 Å². The van der Waals surface area contributed by atoms with Crippen molar-refractivity contribution in [3.63, 3.8) is 0 Å². The van der Waals surface area contributed by atoms with Gasteiger partial charge in [-0.05, 0) is 62.0 Å². The predicted molar refractivity (Wildman–Crippen MR) is 121 cm³/mol. The van der Waals surface area contributed by atoms with Crippen LogP contribution in [0.4, 0.5) is 4.39 Å². The van der Waals surface area contributed by atoms with E-state index in [1.165, 1.54) is 29.2 Å². The molecular formula is C25H29FN2O4. The van der Waals surface area contributed by atoms with Crippen molar-refractivity contribution in [3.05, 3.63) is 71.0 Å². The zero-order valence-corrected chi connectivity index (χ0v) is 18.7. The molecule has 6 nitrogen and oxygen atoms in total. The third-order valence-corrected chi connectivity index (χ3v) is 5.72. The number of nitrogens with zero attached hydrogens (tertiary/aromatic N) is 2. The van der Waals surface area contributed by atoms with Crippen LogP contribution in [0.2, 0.25) is 0 Å². The van der Waals surface area contributed by atoms with Crippen LogP contribution in [0.1, 0.15) is 37.9 Å². The van der Waals surface area contributed by atoms with Crippen LogP contribution < -0.4 is 4.74 Å². The largest absolute Gasteiger partial charge is 0.507 e. The van der Waals surface area contributed by atoms with E-state index in [-0.39, 0.29) is 16.9 Å². The van der Waals surface area contributed by atoms with Crippen LogP contribution in [-0.4, -0.2) is 59.4 Å². The first kappa shape index (κ1) is 23.5. The second-order valence-corrected chi connectivity index (χ2v) is 7.53. The number of carbonyl (C=O) groups is 2. The topological polar surface area (TPSA) is 70.1 Å². The van der Waals surface area contributed by atoms with E-state index in [1.54, 1.807) is 24.3 Å². The maximum Gasteiger partial charge on any atom is 0.295 e. The Balaban J connectivity index is 2.06. The summed E-state index contributed by atoms with van der Waals surface area (Å²) in [7, 11) is 0. The SMILES string of the molecule is CCOc1ccc(C2/C(=C(/O)c3ccc(F)cc3)C(=O)C(=O)N2CCN(CC)CC)cc1. The van der Waals surface area contributed by atoms with Crippen molar-refractivity contribution < 1.29 is 23.8 Å². The summed E-state index contributed by atoms with van der Waals surface area (Å²) < 4.78 is 18.9. The number of Topliss-reactive ketones (excluding diaryl/α,β-unsaturated/α-hetero) is 1. The normalized spacial score (nSPS) is 17.9. The van der Waals surface area contributed by atoms with Crippen molar-refractivity contribution in [3.8, 4) is 5.75 Å². The standard InChI is InChI=1S/C25H29FN2O4/c1-4-27(5-2)15-16-28-22(17-9-13-20(14-10-17)32-6-3)21(24(30)25(28)31)23(29)18-7-11-19(26)12-8-18/h7-14,22,29H,4-6,15-16H2,1-3H3/b23-21-. The number of likely N-dealkylation sites (N-methyl/N-ethyl adjacent to an activating group) is 1. The minimum absolute atomic E-state index is 0.00492. The van der Waals surface area contributed by atoms with E-state index in [1.807, 2.05) is 20.8 Å². The van der Waals surface area contributed by atoms with Gasteiger partial charge in [0.2, 0.25) is 0 Å². The van der Waals surface area contributed by atoms with Crippen molar-refractivity contribution in [1.82, 2.24) is 9.80 Å². The number of benzene rings is 2. The van der Waals surface area contributed by atoms with Gasteiger partial charge >= 0.3 is 0 Å². The molecule has 1 amide bonds. The highest BCUT2D eigenvalue weighted by Crippen LogP contribution is 2.39. The molecule has 1 aliphatic heterocycles. The maximum atomic E-state index is 13.4. The van der Waals surface area contributed by atoms with Gasteiger partial charge in [-0.2, -0.15) is 0 Å². The van der Waals surface area contributed by atoms with Crippen molar-refractivity contribution in [2.24, 2.45) is 0 Å². The monoisotopic (exact) mass is 440 g/mol. The smallest absolute Gasteiger partial charge is 0.295 e. The number of hydrogen-bond donors (Lipinski definition) is 1. The Hall–Kier alpha value is -3.19. The second kappa shape index (κ2) is 10.4. The van der Waals surface area contributed by atoms with Gasteiger partial charge in [-0.3, -0.25) is 9.59 Å². The minimum atomic E-state index is -0.745. The summed E-state index contributed by atoms with van der Waals surface area (Å²) in [6.45, 7) is 9.07. The van der Waals surface area contributed by atoms with E-state index < -0.39 is 23.5 Å². The minimum Gasteiger partial charge on any atom is -0.507 e. The third-order valence-electron chi connectivity index (χ3n) is 5.72. The van der Waals surface area contributed by atoms with Crippen LogP contribution in [0.3, 0.4) is 0 Å². The summed E-state index contributed by atoms with van der Waals surface area (Å²) in [5.74, 6) is -1.49. The van der Waals surface area contributed by atoms with Crippen molar-refractivity contribution >= 4 is 17.4 Å². The molecule has 1 fully saturated rings. The van der Waals surface area contributed by atoms with Crippen molar-refractivity contribution in [2.45, 2.75) is 26.8 Å². The van der Waals surface area contributed by atoms with Gasteiger partial charge < -0.3 is 19.6 Å². The molecule has 1 saturated heterocycles. The van der Waals surface area contributed by atoms with Crippen molar-refractivity contribution in [2.75, 3.05) is 32.8 Å². The number of hydrogen-bond acceptors (Lipinski definition) is 5. The first-order valence-corrected chi connectivity index (χ1v) is 10.9. The molecule has 3 rings (SSSR count). The van der Waals surface area contributed by atoms with Gasteiger partial charge in [0, 0.05) is 18.7 Å². The number of ketones is 1. The molecule has 1 heterocycles. The average Bonchev–Trinajstić information content (AvgIpc) is 3.05. The average molecular weight is 441 g/mol. The summed E-state index contributed by atoms with van der Waals surface area (Å²) in [5, 5.41) is 11.0. The Morgan fingerprint density at radius 1 is 1.03 bits per heavy atom. The van der Waals surface area contributed by atoms with Gasteiger partial charge in [-0.25, -0.2) is 4.39 Å². The lowest BCUT2D eigenvalue weighted by Gasteiger charge is -2.28. The lowest BCUT2D eigenvalue weighted by Crippen LogP contribution is -2.38. The van der Waals surface area contributed by atoms with E-state index in [9.17, 15) is 19.1 Å². The lowest BCUT2D eigenvalue weighted by molar-refractivity contribution is -0.140. The van der Waals surface area contributed by atoms with Crippen LogP contribution >= 0.6 is 0 Å². The molecule has 1 atom stereocenters. The van der Waals surface area contributed by atoms with Crippen molar-refractivity contribution in [1.29, 1.82) is 0 Å². The highest BCUT2D eigenvalue weighted by Gasteiger charge is 2.45. The van der Waals surface area contributed by atoms with E-state index >= 15 is 0 Å². The Bertz CT molecular complexity index is 982. The van der Waals surface area contributed by atoms with E-state index in [0.29, 0.717) is 31.0 Å². The van der Waals surface area contributed by atoms with Crippen LogP contribution in [0.5, 0.6) is 5.75 Å². The van der Waals surface area contributed by atoms with Gasteiger partial charge in [0.1, 0.15) is 17.3 Å². The van der Waals surface area contributed by atoms with Crippen LogP contribution in [0.15, 0.2) is 54.1 Å². The van der Waals surface area contributed by atoms with E-state index in [0.717, 1.165) is 13.1 Å². The molecule has 0 radical (unpaired) electrons. The molecule has 1 N–H and O–H groups in total. The van der Waals surface area contributed by atoms with Gasteiger partial charge in [-0.15, -0.1) is 0 Å². The number of carbonyl (C=O) groups excluding carboxylic acids is 2. The molecule has 0 spiro atoms. The molecule has 7 heteroatoms. The first-order chi connectivity index (χ1) is 15.4. The molecule has 0 bridgehead atoms. The Kier molecular flexibility index (Phi) is 7.64. The summed E-state index contributed by atoms with van der Waals surface area (Å²) in [5.41, 5.74) is 0.977. The quantitative estimate of drug-likeness (QED) is 0.363. The third kappa shape index (κ3) is 4.83. The second-order valence-electron chi connectivity index (χ2n) is 7.53. The Morgan fingerprint density at radius 3 is 2.22 bits per heavy atom. The molecule has 1 aliphatic rings. The van der Waals surface area contributed by atoms with Gasteiger partial charge in [0.25, 0.3) is 11.7 Å². The number of ether oxygens (including phenoxy) is 1. The molecule has 170 valence electrons. The Morgan fingerprint density at radius 2 is 1.66 bits per heavy atom. The fourth-order valence-corrected chi connectivity index (χ4v) is 3.92. The molecule has 1 unspecified atom stereocenters. The molecule has 0 aromatic heterocycles. The van der Waals surface area contributed by atoms with Crippen LogP contribution in [0.25, 0.3) is 5.76 Å². The van der Waals surface area contributed by atoms with E-state index in [4.69, 9.17) is 4.74 Å². The lowest BCUT2D eigenvalue weighted by atomic mass is 9.95. The van der Waals surface area contributed by atoms with Gasteiger partial charge in [0.05, 0.1) is 18.2 Å². The molecule has 32 heavy (non-hydrogen) atoms. The number of aliphatic hydroxyl groups excluding tert-OH is 1. The van der Waals surface area contributed by atoms with Crippen LogP contribution in [-0.2, 0) is 9.59 Å². The number of amides is 1. The summed E-state index contributed by atoms with van der Waals surface area (Å²) in [6, 6.07) is 11.6. The number of aliphatic hydroxyl groups is 1. The molecule has 0 aliphatic carbocycles. The summed E-state index contributed by atoms with van der Waals surface area (Å²) in [6.07, 6.45) is 0. The maximum absolute atomic E-state index is 13.4. The fourth-order valence-electron chi connectivity index (χ4n) is 3.92. The zero-order chi connectivity index (χ0) is 23.3. The first-order valence-electron chi connectivity index (χ1n) is 10.9. The highest BCUT2D eigenvalue weighted by molar-refractivity contribution is 6.46.